The second-order valence-corrected chi connectivity index (χ2v) is 17.6. The maximum atomic E-state index is 12.5. The number of benzene rings is 4. The normalized spacial score (nSPS) is 11.9. The zero-order valence-corrected chi connectivity index (χ0v) is 20.0. The zero-order valence-electron chi connectivity index (χ0n) is 18.2. The van der Waals surface area contributed by atoms with E-state index in [1.54, 1.807) is 0 Å². The standard InChI is InChI=1S/C28H30O2P2/c29-31(21-25-13-5-1-6-14-25,22-26-15-7-2-8-16-26)32(30,23-27-17-9-3-10-18-27)24-28-19-11-4-12-20-28/h1-20,29-30H,21-24H2. The predicted molar refractivity (Wildman–Crippen MR) is 139 cm³/mol. The van der Waals surface area contributed by atoms with Gasteiger partial charge in [0.05, 0.1) is 0 Å². The van der Waals surface area contributed by atoms with Gasteiger partial charge in [-0.15, -0.1) is 0 Å². The maximum absolute atomic E-state index is 12.5. The Morgan fingerprint density at radius 1 is 0.344 bits per heavy atom. The molecule has 0 amide bonds. The van der Waals surface area contributed by atoms with Gasteiger partial charge in [-0.3, -0.25) is 0 Å². The van der Waals surface area contributed by atoms with E-state index in [1.165, 1.54) is 0 Å². The molecule has 0 spiro atoms. The molecule has 2 N–H and O–H groups in total. The first-order valence-electron chi connectivity index (χ1n) is 10.9. The molecule has 4 aromatic rings. The van der Waals surface area contributed by atoms with Crippen LogP contribution in [-0.4, -0.2) is 9.79 Å². The molecule has 0 unspecified atom stereocenters. The largest absolute Gasteiger partial charge is 0.373 e. The lowest BCUT2D eigenvalue weighted by atomic mass is 10.2. The van der Waals surface area contributed by atoms with Gasteiger partial charge in [0.25, 0.3) is 0 Å². The van der Waals surface area contributed by atoms with Crippen LogP contribution in [0.4, 0.5) is 0 Å². The van der Waals surface area contributed by atoms with E-state index >= 15 is 0 Å². The Bertz CT molecular complexity index is 1000. The van der Waals surface area contributed by atoms with Crippen molar-refractivity contribution in [2.45, 2.75) is 24.6 Å². The van der Waals surface area contributed by atoms with Crippen molar-refractivity contribution in [1.29, 1.82) is 0 Å². The molecule has 2 nitrogen and oxygen atoms in total. The lowest BCUT2D eigenvalue weighted by Crippen LogP contribution is -2.02. The summed E-state index contributed by atoms with van der Waals surface area (Å²) in [6.07, 6.45) is 2.08. The van der Waals surface area contributed by atoms with Crippen LogP contribution in [0.3, 0.4) is 0 Å². The molecule has 0 aliphatic carbocycles. The maximum Gasteiger partial charge on any atom is 0.0340 e. The van der Waals surface area contributed by atoms with Gasteiger partial charge in [0.1, 0.15) is 0 Å². The molecule has 0 radical (unpaired) electrons. The van der Waals surface area contributed by atoms with Gasteiger partial charge in [0.15, 0.2) is 0 Å². The van der Waals surface area contributed by atoms with Crippen LogP contribution in [0, 0.1) is 0 Å². The summed E-state index contributed by atoms with van der Waals surface area (Å²) in [7, 11) is 0. The van der Waals surface area contributed by atoms with Gasteiger partial charge in [-0.25, -0.2) is 0 Å². The Morgan fingerprint density at radius 2 is 0.531 bits per heavy atom. The summed E-state index contributed by atoms with van der Waals surface area (Å²) in [6.45, 7) is -5.60. The van der Waals surface area contributed by atoms with Crippen molar-refractivity contribution in [2.24, 2.45) is 0 Å². The van der Waals surface area contributed by atoms with E-state index in [0.717, 1.165) is 22.3 Å². The van der Waals surface area contributed by atoms with Crippen molar-refractivity contribution in [3.8, 4) is 0 Å². The van der Waals surface area contributed by atoms with Gasteiger partial charge in [-0.2, -0.15) is 0 Å². The second kappa shape index (κ2) is 10.5. The van der Waals surface area contributed by atoms with Crippen LogP contribution in [0.2, 0.25) is 0 Å². The van der Waals surface area contributed by atoms with E-state index in [2.05, 4.69) is 48.5 Å². The summed E-state index contributed by atoms with van der Waals surface area (Å²) in [5.41, 5.74) is 4.33. The molecular weight excluding hydrogens is 430 g/mol. The fourth-order valence-corrected chi connectivity index (χ4v) is 13.7. The molecule has 0 saturated heterocycles. The van der Waals surface area contributed by atoms with Crippen LogP contribution in [0.15, 0.2) is 121 Å². The van der Waals surface area contributed by atoms with Crippen LogP contribution in [0.5, 0.6) is 0 Å². The van der Waals surface area contributed by atoms with E-state index in [1.807, 2.05) is 72.8 Å². The first-order valence-corrected chi connectivity index (χ1v) is 15.9. The third-order valence-electron chi connectivity index (χ3n) is 5.81. The van der Waals surface area contributed by atoms with Gasteiger partial charge in [0.2, 0.25) is 0 Å². The second-order valence-electron chi connectivity index (χ2n) is 8.33. The highest BCUT2D eigenvalue weighted by Crippen LogP contribution is 2.77. The summed E-state index contributed by atoms with van der Waals surface area (Å²) in [6, 6.07) is 40.5. The molecule has 32 heavy (non-hydrogen) atoms. The molecule has 0 aliphatic heterocycles. The summed E-state index contributed by atoms with van der Waals surface area (Å²) < 4.78 is 0. The molecule has 4 heteroatoms. The highest BCUT2D eigenvalue weighted by molar-refractivity contribution is 8.14. The molecule has 0 aromatic heterocycles. The molecule has 0 fully saturated rings. The van der Waals surface area contributed by atoms with Crippen LogP contribution in [0.25, 0.3) is 0 Å². The monoisotopic (exact) mass is 460 g/mol. The van der Waals surface area contributed by atoms with Crippen LogP contribution < -0.4 is 0 Å². The summed E-state index contributed by atoms with van der Waals surface area (Å²) in [4.78, 5) is 24.9. The lowest BCUT2D eigenvalue weighted by molar-refractivity contribution is 0.589. The summed E-state index contributed by atoms with van der Waals surface area (Å²) in [5, 5.41) is 0. The van der Waals surface area contributed by atoms with Gasteiger partial charge in [-0.05, 0) is 22.3 Å². The summed E-state index contributed by atoms with van der Waals surface area (Å²) in [5.74, 6) is 0. The molecule has 0 atom stereocenters. The molecule has 0 heterocycles. The number of hydrogen-bond donors (Lipinski definition) is 2. The van der Waals surface area contributed by atoms with Crippen LogP contribution in [0.1, 0.15) is 22.3 Å². The average Bonchev–Trinajstić information content (AvgIpc) is 2.81. The molecule has 0 saturated carbocycles. The minimum absolute atomic E-state index is 0.521. The van der Waals surface area contributed by atoms with E-state index in [-0.39, 0.29) is 0 Å². The van der Waals surface area contributed by atoms with E-state index in [9.17, 15) is 9.79 Å². The third kappa shape index (κ3) is 5.71. The minimum Gasteiger partial charge on any atom is -0.373 e. The first-order chi connectivity index (χ1) is 15.6. The van der Waals surface area contributed by atoms with Gasteiger partial charge in [0, 0.05) is 38.2 Å². The van der Waals surface area contributed by atoms with Crippen molar-refractivity contribution in [1.82, 2.24) is 0 Å². The van der Waals surface area contributed by atoms with Crippen molar-refractivity contribution < 1.29 is 9.79 Å². The highest BCUT2D eigenvalue weighted by Gasteiger charge is 2.31. The molecular formula is C28H30O2P2. The third-order valence-corrected chi connectivity index (χ3v) is 16.5. The van der Waals surface area contributed by atoms with E-state index in [4.69, 9.17) is 0 Å². The van der Waals surface area contributed by atoms with E-state index in [0.29, 0.717) is 24.6 Å². The lowest BCUT2D eigenvalue weighted by Gasteiger charge is -2.34. The number of rotatable bonds is 8. The molecule has 4 rings (SSSR count). The van der Waals surface area contributed by atoms with Crippen LogP contribution in [-0.2, 0) is 24.6 Å². The zero-order chi connectivity index (χ0) is 22.3. The van der Waals surface area contributed by atoms with Crippen molar-refractivity contribution in [2.75, 3.05) is 0 Å². The topological polar surface area (TPSA) is 40.5 Å². The Morgan fingerprint density at radius 3 is 0.719 bits per heavy atom. The van der Waals surface area contributed by atoms with Crippen molar-refractivity contribution >= 4 is 13.6 Å². The average molecular weight is 460 g/mol. The fourth-order valence-electron chi connectivity index (χ4n) is 4.14. The Hall–Kier alpha value is -2.34. The van der Waals surface area contributed by atoms with Gasteiger partial charge >= 0.3 is 0 Å². The van der Waals surface area contributed by atoms with Crippen LogP contribution >= 0.6 is 13.6 Å². The fraction of sp³-hybridized carbons (Fsp3) is 0.143. The molecule has 4 aromatic carbocycles. The quantitative estimate of drug-likeness (QED) is 0.267. The summed E-state index contributed by atoms with van der Waals surface area (Å²) >= 11 is 0. The first kappa shape index (κ1) is 22.8. The Labute approximate surface area is 191 Å². The molecule has 0 aliphatic rings. The highest BCUT2D eigenvalue weighted by atomic mass is 31.8. The SMILES string of the molecule is OP(Cc1ccccc1)(Cc1ccccc1)=P(O)(Cc1ccccc1)Cc1ccccc1. The smallest absolute Gasteiger partial charge is 0.0340 e. The van der Waals surface area contributed by atoms with Crippen molar-refractivity contribution in [3.63, 3.8) is 0 Å². The van der Waals surface area contributed by atoms with Gasteiger partial charge in [-0.1, -0.05) is 121 Å². The molecule has 164 valence electrons. The Balaban J connectivity index is 1.90. The predicted octanol–water partition coefficient (Wildman–Crippen LogP) is 7.55. The minimum atomic E-state index is -2.80. The number of hydrogen-bond acceptors (Lipinski definition) is 0. The van der Waals surface area contributed by atoms with Gasteiger partial charge < -0.3 is 9.79 Å². The molecule has 0 bridgehead atoms. The Kier molecular flexibility index (Phi) is 7.51. The van der Waals surface area contributed by atoms with E-state index < -0.39 is 13.6 Å². The van der Waals surface area contributed by atoms with Crippen molar-refractivity contribution in [3.05, 3.63) is 144 Å².